The number of rotatable bonds is 8. The van der Waals surface area contributed by atoms with Crippen LogP contribution in [0.1, 0.15) is 43.0 Å². The van der Waals surface area contributed by atoms with Crippen LogP contribution < -0.4 is 4.74 Å². The van der Waals surface area contributed by atoms with Crippen molar-refractivity contribution in [3.8, 4) is 11.4 Å². The molecule has 0 N–H and O–H groups in total. The molecule has 0 bridgehead atoms. The molecule has 0 amide bonds. The zero-order chi connectivity index (χ0) is 21.8. The van der Waals surface area contributed by atoms with E-state index in [9.17, 15) is 0 Å². The number of ether oxygens (including phenoxy) is 2. The van der Waals surface area contributed by atoms with Crippen molar-refractivity contribution < 1.29 is 9.47 Å². The van der Waals surface area contributed by atoms with Gasteiger partial charge in [-0.2, -0.15) is 11.3 Å². The molecular formula is C24H30N4O2S2. The van der Waals surface area contributed by atoms with Crippen LogP contribution in [0.2, 0.25) is 0 Å². The Bertz CT molecular complexity index is 993. The Morgan fingerprint density at radius 2 is 2.09 bits per heavy atom. The van der Waals surface area contributed by atoms with Crippen molar-refractivity contribution in [3.63, 3.8) is 0 Å². The first-order chi connectivity index (χ1) is 15.8. The van der Waals surface area contributed by atoms with Crippen LogP contribution in [0.3, 0.4) is 0 Å². The molecular weight excluding hydrogens is 440 g/mol. The zero-order valence-corrected chi connectivity index (χ0v) is 20.1. The molecule has 1 aromatic carbocycles. The first kappa shape index (κ1) is 21.9. The molecule has 0 spiro atoms. The lowest BCUT2D eigenvalue weighted by molar-refractivity contribution is 0.129. The fraction of sp³-hybridized carbons (Fsp3) is 0.500. The Balaban J connectivity index is 1.35. The third-order valence-electron chi connectivity index (χ3n) is 6.33. The predicted molar refractivity (Wildman–Crippen MR) is 129 cm³/mol. The first-order valence-corrected chi connectivity index (χ1v) is 13.3. The van der Waals surface area contributed by atoms with Gasteiger partial charge in [0.15, 0.2) is 5.16 Å². The Morgan fingerprint density at radius 3 is 2.84 bits per heavy atom. The highest BCUT2D eigenvalue weighted by Gasteiger charge is 2.28. The number of hydrogen-bond donors (Lipinski definition) is 0. The molecule has 2 aromatic heterocycles. The maximum absolute atomic E-state index is 5.83. The summed E-state index contributed by atoms with van der Waals surface area (Å²) in [6.07, 6.45) is 4.81. The highest BCUT2D eigenvalue weighted by atomic mass is 32.2. The molecule has 0 aliphatic carbocycles. The Morgan fingerprint density at radius 1 is 1.19 bits per heavy atom. The minimum Gasteiger partial charge on any atom is -0.497 e. The summed E-state index contributed by atoms with van der Waals surface area (Å²) in [6, 6.07) is 10.4. The van der Waals surface area contributed by atoms with Crippen LogP contribution in [-0.2, 0) is 11.3 Å². The van der Waals surface area contributed by atoms with Gasteiger partial charge in [-0.05, 0) is 73.3 Å². The van der Waals surface area contributed by atoms with Gasteiger partial charge in [-0.1, -0.05) is 17.8 Å². The summed E-state index contributed by atoms with van der Waals surface area (Å²) in [5.74, 6) is 3.25. The van der Waals surface area contributed by atoms with Crippen LogP contribution in [0.25, 0.3) is 5.69 Å². The van der Waals surface area contributed by atoms with E-state index in [-0.39, 0.29) is 0 Å². The Kier molecular flexibility index (Phi) is 7.12. The lowest BCUT2D eigenvalue weighted by Gasteiger charge is -2.31. The minimum absolute atomic E-state index is 0.319. The summed E-state index contributed by atoms with van der Waals surface area (Å²) < 4.78 is 13.6. The number of thioether (sulfide) groups is 1. The highest BCUT2D eigenvalue weighted by Crippen LogP contribution is 2.34. The fourth-order valence-corrected chi connectivity index (χ4v) is 6.25. The molecule has 32 heavy (non-hydrogen) atoms. The second kappa shape index (κ2) is 10.4. The van der Waals surface area contributed by atoms with Crippen molar-refractivity contribution in [3.05, 3.63) is 52.5 Å². The second-order valence-corrected chi connectivity index (χ2v) is 10.3. The van der Waals surface area contributed by atoms with Crippen LogP contribution in [0.15, 0.2) is 46.2 Å². The van der Waals surface area contributed by atoms with E-state index in [4.69, 9.17) is 14.6 Å². The van der Waals surface area contributed by atoms with Crippen LogP contribution in [0.5, 0.6) is 5.75 Å². The number of aromatic nitrogens is 3. The number of methoxy groups -OCH3 is 1. The summed E-state index contributed by atoms with van der Waals surface area (Å²) in [4.78, 5) is 2.55. The van der Waals surface area contributed by atoms with Crippen LogP contribution in [0, 0.1) is 0 Å². The van der Waals surface area contributed by atoms with E-state index < -0.39 is 0 Å². The van der Waals surface area contributed by atoms with Gasteiger partial charge in [0.05, 0.1) is 18.9 Å². The van der Waals surface area contributed by atoms with Crippen molar-refractivity contribution >= 4 is 23.1 Å². The van der Waals surface area contributed by atoms with E-state index in [0.717, 1.165) is 80.1 Å². The van der Waals surface area contributed by atoms with Crippen molar-refractivity contribution in [1.29, 1.82) is 0 Å². The molecule has 2 saturated heterocycles. The normalized spacial score (nSPS) is 20.1. The largest absolute Gasteiger partial charge is 0.497 e. The van der Waals surface area contributed by atoms with Gasteiger partial charge in [0.2, 0.25) is 0 Å². The van der Waals surface area contributed by atoms with Crippen molar-refractivity contribution in [2.24, 2.45) is 0 Å². The fourth-order valence-electron chi connectivity index (χ4n) is 4.56. The molecule has 170 valence electrons. The molecule has 4 heterocycles. The van der Waals surface area contributed by atoms with Crippen molar-refractivity contribution in [1.82, 2.24) is 19.7 Å². The molecule has 0 radical (unpaired) electrons. The molecule has 2 fully saturated rings. The van der Waals surface area contributed by atoms with Gasteiger partial charge in [-0.3, -0.25) is 9.47 Å². The topological polar surface area (TPSA) is 52.4 Å². The minimum atomic E-state index is 0.319. The van der Waals surface area contributed by atoms with Gasteiger partial charge in [0.1, 0.15) is 11.6 Å². The van der Waals surface area contributed by atoms with Crippen molar-refractivity contribution in [2.75, 3.05) is 32.6 Å². The number of nitrogens with zero attached hydrogens (tertiary/aromatic N) is 4. The maximum atomic E-state index is 5.83. The smallest absolute Gasteiger partial charge is 0.195 e. The van der Waals surface area contributed by atoms with Crippen LogP contribution in [0.4, 0.5) is 0 Å². The zero-order valence-electron chi connectivity index (χ0n) is 18.5. The van der Waals surface area contributed by atoms with Gasteiger partial charge in [-0.25, -0.2) is 0 Å². The monoisotopic (exact) mass is 470 g/mol. The van der Waals surface area contributed by atoms with Crippen molar-refractivity contribution in [2.45, 2.75) is 49.4 Å². The van der Waals surface area contributed by atoms with Crippen LogP contribution >= 0.6 is 23.1 Å². The van der Waals surface area contributed by atoms with E-state index in [0.29, 0.717) is 12.0 Å². The molecule has 8 heteroatoms. The number of thiophene rings is 1. The van der Waals surface area contributed by atoms with Gasteiger partial charge in [0, 0.05) is 30.9 Å². The molecule has 2 aliphatic heterocycles. The lowest BCUT2D eigenvalue weighted by Crippen LogP contribution is -2.33. The molecule has 5 rings (SSSR count). The molecule has 6 nitrogen and oxygen atoms in total. The summed E-state index contributed by atoms with van der Waals surface area (Å²) >= 11 is 3.53. The Hall–Kier alpha value is -1.87. The van der Waals surface area contributed by atoms with Crippen LogP contribution in [-0.4, -0.2) is 58.3 Å². The maximum Gasteiger partial charge on any atom is 0.195 e. The summed E-state index contributed by atoms with van der Waals surface area (Å²) in [7, 11) is 1.71. The molecule has 1 atom stereocenters. The van der Waals surface area contributed by atoms with E-state index in [1.54, 1.807) is 30.2 Å². The van der Waals surface area contributed by atoms with E-state index in [1.165, 1.54) is 5.56 Å². The average molecular weight is 471 g/mol. The van der Waals surface area contributed by atoms with Gasteiger partial charge in [0.25, 0.3) is 0 Å². The summed E-state index contributed by atoms with van der Waals surface area (Å²) in [5, 5.41) is 14.7. The van der Waals surface area contributed by atoms with Gasteiger partial charge >= 0.3 is 0 Å². The number of piperidine rings is 1. The number of benzene rings is 1. The molecule has 2 aliphatic rings. The van der Waals surface area contributed by atoms with Gasteiger partial charge < -0.3 is 9.47 Å². The third kappa shape index (κ3) is 5.03. The SMILES string of the molecule is COc1cccc(-n2c(SC[C@@H]3CCCO3)nnc2C2CCN(Cc3ccsc3)CC2)c1. The van der Waals surface area contributed by atoms with E-state index in [2.05, 4.69) is 43.5 Å². The number of likely N-dealkylation sites (tertiary alicyclic amines) is 1. The molecule has 3 aromatic rings. The summed E-state index contributed by atoms with van der Waals surface area (Å²) in [5.41, 5.74) is 2.49. The van der Waals surface area contributed by atoms with E-state index >= 15 is 0 Å². The average Bonchev–Trinajstić information content (AvgIpc) is 3.60. The van der Waals surface area contributed by atoms with Gasteiger partial charge in [-0.15, -0.1) is 10.2 Å². The second-order valence-electron chi connectivity index (χ2n) is 8.51. The predicted octanol–water partition coefficient (Wildman–Crippen LogP) is 4.99. The quantitative estimate of drug-likeness (QED) is 0.433. The lowest BCUT2D eigenvalue weighted by atomic mass is 9.95. The first-order valence-electron chi connectivity index (χ1n) is 11.4. The standard InChI is InChI=1S/C24H30N4O2S2/c1-29-21-5-2-4-20(14-21)28-23(25-26-24(28)32-17-22-6-3-12-30-22)19-7-10-27(11-8-19)15-18-9-13-31-16-18/h2,4-5,9,13-14,16,19,22H,3,6-8,10-12,15,17H2,1H3/t22-/m0/s1. The highest BCUT2D eigenvalue weighted by molar-refractivity contribution is 7.99. The summed E-state index contributed by atoms with van der Waals surface area (Å²) in [6.45, 7) is 4.10. The third-order valence-corrected chi connectivity index (χ3v) is 8.12. The van der Waals surface area contributed by atoms with E-state index in [1.807, 2.05) is 12.1 Å². The Labute approximate surface area is 197 Å². The molecule has 0 unspecified atom stereocenters. The number of hydrogen-bond acceptors (Lipinski definition) is 7. The molecule has 0 saturated carbocycles.